The van der Waals surface area contributed by atoms with Crippen LogP contribution >= 0.6 is 38.9 Å². The fourth-order valence-electron chi connectivity index (χ4n) is 1.75. The van der Waals surface area contributed by atoms with E-state index in [1.54, 1.807) is 11.3 Å². The van der Waals surface area contributed by atoms with E-state index in [1.807, 2.05) is 30.3 Å². The molecule has 0 amide bonds. The topological polar surface area (TPSA) is 24.9 Å². The molecule has 1 heterocycles. The first-order valence-electron chi connectivity index (χ1n) is 5.75. The molecular weight excluding hydrogens is 344 g/mol. The number of fused-ring (bicyclic) bond motifs is 1. The maximum atomic E-state index is 5.97. The summed E-state index contributed by atoms with van der Waals surface area (Å²) in [7, 11) is 0. The summed E-state index contributed by atoms with van der Waals surface area (Å²) in [6.07, 6.45) is 0. The molecule has 3 aromatic rings. The molecule has 0 spiro atoms. The van der Waals surface area contributed by atoms with Gasteiger partial charge in [0, 0.05) is 16.0 Å². The number of rotatable bonds is 3. The monoisotopic (exact) mass is 352 g/mol. The summed E-state index contributed by atoms with van der Waals surface area (Å²) in [6.45, 7) is 0.765. The van der Waals surface area contributed by atoms with Crippen LogP contribution in [0.5, 0.6) is 0 Å². The zero-order chi connectivity index (χ0) is 13.2. The standard InChI is InChI=1S/C14H10BrClN2S/c15-10-3-1-9(2-4-10)8-17-14-18-12-6-5-11(16)7-13(12)19-14/h1-7H,8H2,(H,17,18). The van der Waals surface area contributed by atoms with Gasteiger partial charge in [0.2, 0.25) is 0 Å². The highest BCUT2D eigenvalue weighted by Crippen LogP contribution is 2.28. The van der Waals surface area contributed by atoms with Crippen LogP contribution in [0.1, 0.15) is 5.56 Å². The fraction of sp³-hybridized carbons (Fsp3) is 0.0714. The van der Waals surface area contributed by atoms with Crippen LogP contribution in [0.15, 0.2) is 46.9 Å². The third-order valence-electron chi connectivity index (χ3n) is 2.71. The highest BCUT2D eigenvalue weighted by Gasteiger charge is 2.04. The van der Waals surface area contributed by atoms with Crippen LogP contribution in [0.2, 0.25) is 5.02 Å². The molecule has 0 atom stereocenters. The van der Waals surface area contributed by atoms with Gasteiger partial charge in [-0.3, -0.25) is 0 Å². The Hall–Kier alpha value is -1.10. The van der Waals surface area contributed by atoms with Crippen molar-refractivity contribution in [1.29, 1.82) is 0 Å². The van der Waals surface area contributed by atoms with Gasteiger partial charge in [0.1, 0.15) is 0 Å². The SMILES string of the molecule is Clc1ccc2nc(NCc3ccc(Br)cc3)sc2c1. The fourth-order valence-corrected chi connectivity index (χ4v) is 3.16. The van der Waals surface area contributed by atoms with Crippen molar-refractivity contribution in [3.8, 4) is 0 Å². The van der Waals surface area contributed by atoms with Gasteiger partial charge >= 0.3 is 0 Å². The maximum absolute atomic E-state index is 5.97. The summed E-state index contributed by atoms with van der Waals surface area (Å²) < 4.78 is 2.19. The molecule has 19 heavy (non-hydrogen) atoms. The molecule has 0 saturated heterocycles. The van der Waals surface area contributed by atoms with Crippen molar-refractivity contribution in [2.24, 2.45) is 0 Å². The second-order valence-corrected chi connectivity index (χ2v) is 6.49. The molecule has 0 fully saturated rings. The smallest absolute Gasteiger partial charge is 0.184 e. The molecule has 0 aliphatic carbocycles. The minimum absolute atomic E-state index is 0.746. The number of thiazole rings is 1. The summed E-state index contributed by atoms with van der Waals surface area (Å²) in [4.78, 5) is 4.53. The maximum Gasteiger partial charge on any atom is 0.184 e. The first kappa shape index (κ1) is 12.9. The molecule has 5 heteroatoms. The van der Waals surface area contributed by atoms with Crippen LogP contribution in [0.4, 0.5) is 5.13 Å². The zero-order valence-corrected chi connectivity index (χ0v) is 13.0. The number of benzene rings is 2. The van der Waals surface area contributed by atoms with Gasteiger partial charge in [0.05, 0.1) is 10.2 Å². The number of anilines is 1. The third kappa shape index (κ3) is 3.08. The highest BCUT2D eigenvalue weighted by molar-refractivity contribution is 9.10. The number of nitrogens with one attached hydrogen (secondary N) is 1. The Kier molecular flexibility index (Phi) is 3.73. The van der Waals surface area contributed by atoms with E-state index in [4.69, 9.17) is 11.6 Å². The van der Waals surface area contributed by atoms with Gasteiger partial charge in [-0.1, -0.05) is 51.0 Å². The lowest BCUT2D eigenvalue weighted by atomic mass is 10.2. The molecule has 0 aliphatic rings. The predicted octanol–water partition coefficient (Wildman–Crippen LogP) is 5.32. The van der Waals surface area contributed by atoms with Crippen LogP contribution in [-0.4, -0.2) is 4.98 Å². The molecule has 0 radical (unpaired) electrons. The molecule has 3 rings (SSSR count). The lowest BCUT2D eigenvalue weighted by Crippen LogP contribution is -1.98. The summed E-state index contributed by atoms with van der Waals surface area (Å²) >= 11 is 11.0. The van der Waals surface area contributed by atoms with Crippen molar-refractivity contribution < 1.29 is 0 Å². The van der Waals surface area contributed by atoms with E-state index in [1.165, 1.54) is 5.56 Å². The Morgan fingerprint density at radius 1 is 1.16 bits per heavy atom. The number of halogens is 2. The Morgan fingerprint density at radius 2 is 1.95 bits per heavy atom. The molecule has 0 unspecified atom stereocenters. The summed E-state index contributed by atoms with van der Waals surface area (Å²) in [6, 6.07) is 14.0. The van der Waals surface area contributed by atoms with Crippen LogP contribution in [-0.2, 0) is 6.54 Å². The van der Waals surface area contributed by atoms with E-state index in [-0.39, 0.29) is 0 Å². The van der Waals surface area contributed by atoms with Gasteiger partial charge < -0.3 is 5.32 Å². The summed E-state index contributed by atoms with van der Waals surface area (Å²) in [5, 5.41) is 5.00. The summed E-state index contributed by atoms with van der Waals surface area (Å²) in [5.41, 5.74) is 2.20. The van der Waals surface area contributed by atoms with Crippen LogP contribution < -0.4 is 5.32 Å². The number of hydrogen-bond acceptors (Lipinski definition) is 3. The van der Waals surface area contributed by atoms with Crippen LogP contribution in [0.3, 0.4) is 0 Å². The largest absolute Gasteiger partial charge is 0.357 e. The van der Waals surface area contributed by atoms with Crippen molar-refractivity contribution in [3.05, 3.63) is 57.5 Å². The molecule has 2 nitrogen and oxygen atoms in total. The lowest BCUT2D eigenvalue weighted by molar-refractivity contribution is 1.14. The number of aromatic nitrogens is 1. The molecule has 96 valence electrons. The lowest BCUT2D eigenvalue weighted by Gasteiger charge is -2.02. The van der Waals surface area contributed by atoms with Crippen LogP contribution in [0, 0.1) is 0 Å². The van der Waals surface area contributed by atoms with E-state index >= 15 is 0 Å². The summed E-state index contributed by atoms with van der Waals surface area (Å²) in [5.74, 6) is 0. The number of nitrogens with zero attached hydrogens (tertiary/aromatic N) is 1. The average Bonchev–Trinajstić information content (AvgIpc) is 2.80. The Bertz CT molecular complexity index is 709. The third-order valence-corrected chi connectivity index (χ3v) is 4.45. The minimum Gasteiger partial charge on any atom is -0.357 e. The van der Waals surface area contributed by atoms with Crippen molar-refractivity contribution in [2.75, 3.05) is 5.32 Å². The molecule has 0 bridgehead atoms. The molecule has 0 saturated carbocycles. The minimum atomic E-state index is 0.746. The van der Waals surface area contributed by atoms with Crippen LogP contribution in [0.25, 0.3) is 10.2 Å². The second-order valence-electron chi connectivity index (χ2n) is 4.11. The van der Waals surface area contributed by atoms with E-state index in [9.17, 15) is 0 Å². The Labute approximate surface area is 128 Å². The first-order chi connectivity index (χ1) is 9.20. The van der Waals surface area contributed by atoms with Gasteiger partial charge in [0.25, 0.3) is 0 Å². The van der Waals surface area contributed by atoms with Gasteiger partial charge in [-0.2, -0.15) is 0 Å². The molecule has 1 N–H and O–H groups in total. The van der Waals surface area contributed by atoms with Crippen molar-refractivity contribution in [1.82, 2.24) is 4.98 Å². The molecule has 0 aliphatic heterocycles. The van der Waals surface area contributed by atoms with Gasteiger partial charge in [0.15, 0.2) is 5.13 Å². The van der Waals surface area contributed by atoms with Gasteiger partial charge in [-0.25, -0.2) is 4.98 Å². The molecule has 2 aromatic carbocycles. The van der Waals surface area contributed by atoms with Crippen molar-refractivity contribution in [3.63, 3.8) is 0 Å². The Morgan fingerprint density at radius 3 is 2.74 bits per heavy atom. The normalized spacial score (nSPS) is 10.8. The van der Waals surface area contributed by atoms with E-state index in [0.717, 1.165) is 31.4 Å². The average molecular weight is 354 g/mol. The second kappa shape index (κ2) is 5.49. The highest BCUT2D eigenvalue weighted by atomic mass is 79.9. The number of hydrogen-bond donors (Lipinski definition) is 1. The first-order valence-corrected chi connectivity index (χ1v) is 7.74. The van der Waals surface area contributed by atoms with Gasteiger partial charge in [-0.15, -0.1) is 0 Å². The van der Waals surface area contributed by atoms with Gasteiger partial charge in [-0.05, 0) is 35.9 Å². The zero-order valence-electron chi connectivity index (χ0n) is 9.86. The Balaban J connectivity index is 1.76. The predicted molar refractivity (Wildman–Crippen MR) is 86.1 cm³/mol. The quantitative estimate of drug-likeness (QED) is 0.689. The molecular formula is C14H10BrClN2S. The van der Waals surface area contributed by atoms with E-state index in [2.05, 4.69) is 38.4 Å². The molecule has 1 aromatic heterocycles. The van der Waals surface area contributed by atoms with E-state index < -0.39 is 0 Å². The van der Waals surface area contributed by atoms with Crippen molar-refractivity contribution >= 4 is 54.2 Å². The van der Waals surface area contributed by atoms with E-state index in [0.29, 0.717) is 0 Å². The van der Waals surface area contributed by atoms with Crippen molar-refractivity contribution in [2.45, 2.75) is 6.54 Å².